The Morgan fingerprint density at radius 2 is 1.56 bits per heavy atom. The van der Waals surface area contributed by atoms with Gasteiger partial charge in [0.1, 0.15) is 6.17 Å². The lowest BCUT2D eigenvalue weighted by Gasteiger charge is -2.31. The summed E-state index contributed by atoms with van der Waals surface area (Å²) < 4.78 is 0. The zero-order chi connectivity index (χ0) is 17.1. The highest BCUT2D eigenvalue weighted by atomic mass is 15.2. The van der Waals surface area contributed by atoms with Gasteiger partial charge in [0.25, 0.3) is 0 Å². The van der Waals surface area contributed by atoms with Crippen molar-refractivity contribution in [1.82, 2.24) is 4.90 Å². The third kappa shape index (κ3) is 3.34. The van der Waals surface area contributed by atoms with Crippen LogP contribution in [-0.4, -0.2) is 11.4 Å². The zero-order valence-corrected chi connectivity index (χ0v) is 14.5. The molecule has 1 aliphatic rings. The summed E-state index contributed by atoms with van der Waals surface area (Å²) in [5, 5.41) is 2.27. The highest BCUT2D eigenvalue weighted by molar-refractivity contribution is 5.34. The lowest BCUT2D eigenvalue weighted by Crippen LogP contribution is -2.38. The number of benzene rings is 3. The van der Waals surface area contributed by atoms with E-state index in [2.05, 4.69) is 96.9 Å². The van der Waals surface area contributed by atoms with Crippen LogP contribution in [0.15, 0.2) is 83.9 Å². The Kier molecular flexibility index (Phi) is 4.34. The average Bonchev–Trinajstić information content (AvgIpc) is 2.67. The molecule has 0 saturated heterocycles. The molecular formula is C23H22N2. The first kappa shape index (κ1) is 15.6. The van der Waals surface area contributed by atoms with Gasteiger partial charge >= 0.3 is 0 Å². The minimum Gasteiger partial charge on any atom is -0.351 e. The van der Waals surface area contributed by atoms with Gasteiger partial charge in [0.15, 0.2) is 0 Å². The molecular weight excluding hydrogens is 304 g/mol. The van der Waals surface area contributed by atoms with Crippen LogP contribution in [0.5, 0.6) is 0 Å². The summed E-state index contributed by atoms with van der Waals surface area (Å²) in [4.78, 5) is 7.44. The van der Waals surface area contributed by atoms with Crippen LogP contribution in [0.1, 0.15) is 22.9 Å². The number of fused-ring (bicyclic) bond motifs is 1. The first-order valence-electron chi connectivity index (χ1n) is 8.81. The first-order valence-corrected chi connectivity index (χ1v) is 8.81. The second kappa shape index (κ2) is 6.94. The van der Waals surface area contributed by atoms with Gasteiger partial charge in [-0.1, -0.05) is 72.8 Å². The molecule has 1 aliphatic heterocycles. The number of aryl methyl sites for hydroxylation is 1. The largest absolute Gasteiger partial charge is 0.351 e. The van der Waals surface area contributed by atoms with Crippen LogP contribution in [0.3, 0.4) is 0 Å². The Morgan fingerprint density at radius 1 is 0.840 bits per heavy atom. The van der Waals surface area contributed by atoms with Crippen molar-refractivity contribution < 1.29 is 0 Å². The van der Waals surface area contributed by atoms with E-state index in [1.807, 2.05) is 0 Å². The lowest BCUT2D eigenvalue weighted by molar-refractivity contribution is 0.308. The van der Waals surface area contributed by atoms with E-state index in [0.29, 0.717) is 0 Å². The van der Waals surface area contributed by atoms with E-state index in [4.69, 9.17) is 4.99 Å². The van der Waals surface area contributed by atoms with Crippen LogP contribution in [-0.2, 0) is 6.42 Å². The molecule has 0 aromatic heterocycles. The molecule has 124 valence electrons. The molecule has 2 heteroatoms. The maximum atomic E-state index is 5.06. The molecule has 0 spiro atoms. The van der Waals surface area contributed by atoms with E-state index in [9.17, 15) is 0 Å². The fraction of sp³-hybridized carbons (Fsp3) is 0.174. The molecule has 1 unspecified atom stereocenters. The molecule has 0 bridgehead atoms. The Bertz CT molecular complexity index is 976. The van der Waals surface area contributed by atoms with Gasteiger partial charge < -0.3 is 4.90 Å². The predicted molar refractivity (Wildman–Crippen MR) is 102 cm³/mol. The monoisotopic (exact) mass is 326 g/mol. The molecule has 0 saturated carbocycles. The summed E-state index contributed by atoms with van der Waals surface area (Å²) in [7, 11) is 0. The van der Waals surface area contributed by atoms with Crippen molar-refractivity contribution in [2.24, 2.45) is 4.99 Å². The molecule has 4 rings (SSSR count). The van der Waals surface area contributed by atoms with E-state index in [1.54, 1.807) is 0 Å². The van der Waals surface area contributed by atoms with Crippen molar-refractivity contribution in [2.45, 2.75) is 19.5 Å². The van der Waals surface area contributed by atoms with Crippen molar-refractivity contribution >= 4 is 6.20 Å². The fourth-order valence-corrected chi connectivity index (χ4v) is 3.38. The van der Waals surface area contributed by atoms with Gasteiger partial charge in [-0.3, -0.25) is 4.99 Å². The van der Waals surface area contributed by atoms with Crippen LogP contribution in [0.2, 0.25) is 0 Å². The number of nitrogens with zero attached hydrogens (tertiary/aromatic N) is 2. The summed E-state index contributed by atoms with van der Waals surface area (Å²) in [5.41, 5.74) is 3.92. The Labute approximate surface area is 148 Å². The molecule has 1 atom stereocenters. The van der Waals surface area contributed by atoms with Crippen LogP contribution >= 0.6 is 0 Å². The Hall–Kier alpha value is -2.87. The third-order valence-corrected chi connectivity index (χ3v) is 4.79. The molecule has 0 fully saturated rings. The zero-order valence-electron chi connectivity index (χ0n) is 14.5. The van der Waals surface area contributed by atoms with Gasteiger partial charge in [-0.25, -0.2) is 0 Å². The summed E-state index contributed by atoms with van der Waals surface area (Å²) in [6, 6.07) is 27.6. The Morgan fingerprint density at radius 3 is 2.40 bits per heavy atom. The smallest absolute Gasteiger partial charge is 0.147 e. The quantitative estimate of drug-likeness (QED) is 0.715. The molecule has 25 heavy (non-hydrogen) atoms. The van der Waals surface area contributed by atoms with Gasteiger partial charge in [0.2, 0.25) is 0 Å². The molecule has 1 heterocycles. The second-order valence-electron chi connectivity index (χ2n) is 6.52. The Balaban J connectivity index is 1.71. The van der Waals surface area contributed by atoms with Crippen molar-refractivity contribution in [3.63, 3.8) is 0 Å². The number of hydrogen-bond donors (Lipinski definition) is 0. The van der Waals surface area contributed by atoms with E-state index in [1.165, 1.54) is 21.9 Å². The van der Waals surface area contributed by atoms with Gasteiger partial charge in [-0.2, -0.15) is 0 Å². The van der Waals surface area contributed by atoms with E-state index in [-0.39, 0.29) is 6.17 Å². The van der Waals surface area contributed by atoms with Gasteiger partial charge in [0.05, 0.1) is 5.36 Å². The topological polar surface area (TPSA) is 15.6 Å². The van der Waals surface area contributed by atoms with Crippen molar-refractivity contribution in [1.29, 1.82) is 0 Å². The number of para-hydroxylation sites is 1. The summed E-state index contributed by atoms with van der Waals surface area (Å²) in [6.45, 7) is 3.11. The van der Waals surface area contributed by atoms with Crippen LogP contribution in [0.4, 0.5) is 0 Å². The minimum atomic E-state index is 0.0415. The standard InChI is InChI=1S/C23H22N2/c1-18-9-5-7-13-21(18)23-24-22-14-8-6-12-20(22)17-25(23)16-15-19-10-3-2-4-11-19/h2-14,17,23H,15-16H2,1H3. The van der Waals surface area contributed by atoms with E-state index < -0.39 is 0 Å². The van der Waals surface area contributed by atoms with Crippen molar-refractivity contribution in [2.75, 3.05) is 6.54 Å². The van der Waals surface area contributed by atoms with Crippen molar-refractivity contribution in [3.05, 3.63) is 106 Å². The minimum absolute atomic E-state index is 0.0415. The van der Waals surface area contributed by atoms with Gasteiger partial charge in [-0.05, 0) is 36.1 Å². The predicted octanol–water partition coefficient (Wildman–Crippen LogP) is 3.61. The SMILES string of the molecule is Cc1ccccc1C1N=c2ccccc2=CN1CCc1ccccc1. The fourth-order valence-electron chi connectivity index (χ4n) is 3.38. The summed E-state index contributed by atoms with van der Waals surface area (Å²) in [5.74, 6) is 0. The van der Waals surface area contributed by atoms with Crippen LogP contribution < -0.4 is 10.6 Å². The first-order chi connectivity index (χ1) is 12.3. The van der Waals surface area contributed by atoms with Crippen LogP contribution in [0, 0.1) is 6.92 Å². The maximum absolute atomic E-state index is 5.06. The van der Waals surface area contributed by atoms with E-state index in [0.717, 1.165) is 18.3 Å². The third-order valence-electron chi connectivity index (χ3n) is 4.79. The molecule has 0 N–H and O–H groups in total. The molecule has 3 aromatic carbocycles. The number of hydrogen-bond acceptors (Lipinski definition) is 2. The van der Waals surface area contributed by atoms with Crippen molar-refractivity contribution in [3.8, 4) is 0 Å². The highest BCUT2D eigenvalue weighted by Gasteiger charge is 2.20. The molecule has 0 aliphatic carbocycles. The average molecular weight is 326 g/mol. The van der Waals surface area contributed by atoms with Crippen LogP contribution in [0.25, 0.3) is 6.20 Å². The highest BCUT2D eigenvalue weighted by Crippen LogP contribution is 2.26. The van der Waals surface area contributed by atoms with Gasteiger partial charge in [0, 0.05) is 18.0 Å². The van der Waals surface area contributed by atoms with Gasteiger partial charge in [-0.15, -0.1) is 0 Å². The number of rotatable bonds is 4. The molecule has 2 nitrogen and oxygen atoms in total. The maximum Gasteiger partial charge on any atom is 0.147 e. The molecule has 0 radical (unpaired) electrons. The molecule has 3 aromatic rings. The summed E-state index contributed by atoms with van der Waals surface area (Å²) in [6.07, 6.45) is 3.32. The van der Waals surface area contributed by atoms with E-state index >= 15 is 0 Å². The lowest BCUT2D eigenvalue weighted by atomic mass is 10.0. The second-order valence-corrected chi connectivity index (χ2v) is 6.52. The summed E-state index contributed by atoms with van der Waals surface area (Å²) >= 11 is 0. The normalized spacial score (nSPS) is 15.9. The molecule has 0 amide bonds.